The Hall–Kier alpha value is -1.59. The van der Waals surface area contributed by atoms with E-state index in [-0.39, 0.29) is 5.76 Å². The van der Waals surface area contributed by atoms with E-state index < -0.39 is 5.97 Å². The molecular weight excluding hydrogens is 238 g/mol. The Labute approximate surface area is 103 Å². The van der Waals surface area contributed by atoms with Gasteiger partial charge in [0.05, 0.1) is 13.7 Å². The van der Waals surface area contributed by atoms with Crippen LogP contribution in [0.4, 0.5) is 0 Å². The Morgan fingerprint density at radius 2 is 2.29 bits per heavy atom. The van der Waals surface area contributed by atoms with Crippen molar-refractivity contribution >= 4 is 17.3 Å². The molecule has 2 aromatic rings. The zero-order valence-corrected chi connectivity index (χ0v) is 10.3. The van der Waals surface area contributed by atoms with E-state index in [4.69, 9.17) is 4.42 Å². The van der Waals surface area contributed by atoms with Crippen molar-refractivity contribution in [2.75, 3.05) is 7.11 Å². The first kappa shape index (κ1) is 11.9. The number of furan rings is 1. The molecule has 17 heavy (non-hydrogen) atoms. The van der Waals surface area contributed by atoms with Gasteiger partial charge in [-0.2, -0.15) is 0 Å². The largest absolute Gasteiger partial charge is 0.463 e. The van der Waals surface area contributed by atoms with Crippen LogP contribution < -0.4 is 5.32 Å². The van der Waals surface area contributed by atoms with Gasteiger partial charge in [0.15, 0.2) is 0 Å². The molecule has 0 spiro atoms. The zero-order chi connectivity index (χ0) is 12.1. The van der Waals surface area contributed by atoms with Gasteiger partial charge >= 0.3 is 5.97 Å². The molecule has 0 atom stereocenters. The van der Waals surface area contributed by atoms with Gasteiger partial charge in [0.2, 0.25) is 5.76 Å². The van der Waals surface area contributed by atoms with E-state index in [2.05, 4.69) is 16.1 Å². The number of hydrogen-bond donors (Lipinski definition) is 1. The molecule has 2 rings (SSSR count). The number of esters is 1. The summed E-state index contributed by atoms with van der Waals surface area (Å²) in [5.74, 6) is 0.511. The Balaban J connectivity index is 1.83. The Morgan fingerprint density at radius 3 is 3.00 bits per heavy atom. The molecule has 0 aliphatic heterocycles. The first-order chi connectivity index (χ1) is 8.29. The van der Waals surface area contributed by atoms with Crippen LogP contribution in [0.5, 0.6) is 0 Å². The normalized spacial score (nSPS) is 10.4. The molecule has 1 N–H and O–H groups in total. The van der Waals surface area contributed by atoms with Gasteiger partial charge < -0.3 is 14.5 Å². The molecule has 2 aromatic heterocycles. The summed E-state index contributed by atoms with van der Waals surface area (Å²) in [4.78, 5) is 12.4. The van der Waals surface area contributed by atoms with Crippen LogP contribution in [0.25, 0.3) is 0 Å². The van der Waals surface area contributed by atoms with Crippen LogP contribution in [-0.4, -0.2) is 13.1 Å². The average Bonchev–Trinajstić information content (AvgIpc) is 2.99. The Kier molecular flexibility index (Phi) is 3.95. The molecule has 0 saturated carbocycles. The van der Waals surface area contributed by atoms with Gasteiger partial charge in [0.1, 0.15) is 5.76 Å². The summed E-state index contributed by atoms with van der Waals surface area (Å²) in [5, 5.41) is 5.28. The van der Waals surface area contributed by atoms with Crippen molar-refractivity contribution < 1.29 is 13.9 Å². The molecule has 0 saturated heterocycles. The van der Waals surface area contributed by atoms with E-state index in [1.54, 1.807) is 23.5 Å². The van der Waals surface area contributed by atoms with Gasteiger partial charge in [-0.05, 0) is 23.6 Å². The predicted molar refractivity (Wildman–Crippen MR) is 64.9 cm³/mol. The van der Waals surface area contributed by atoms with Crippen molar-refractivity contribution in [3.8, 4) is 0 Å². The zero-order valence-electron chi connectivity index (χ0n) is 9.43. The highest BCUT2D eigenvalue weighted by molar-refractivity contribution is 7.09. The van der Waals surface area contributed by atoms with Gasteiger partial charge in [-0.25, -0.2) is 4.79 Å². The van der Waals surface area contributed by atoms with Crippen LogP contribution in [-0.2, 0) is 17.8 Å². The number of thiophene rings is 1. The Morgan fingerprint density at radius 1 is 1.41 bits per heavy atom. The van der Waals surface area contributed by atoms with Crippen molar-refractivity contribution in [1.29, 1.82) is 0 Å². The van der Waals surface area contributed by atoms with Crippen LogP contribution in [0.3, 0.4) is 0 Å². The summed E-state index contributed by atoms with van der Waals surface area (Å²) in [7, 11) is 1.33. The maximum Gasteiger partial charge on any atom is 0.373 e. The summed E-state index contributed by atoms with van der Waals surface area (Å²) in [5.41, 5.74) is 0. The van der Waals surface area contributed by atoms with E-state index in [0.717, 1.165) is 12.3 Å². The minimum Gasteiger partial charge on any atom is -0.463 e. The molecule has 0 radical (unpaired) electrons. The van der Waals surface area contributed by atoms with Crippen molar-refractivity contribution in [3.05, 3.63) is 46.0 Å². The summed E-state index contributed by atoms with van der Waals surface area (Å²) < 4.78 is 9.88. The van der Waals surface area contributed by atoms with Gasteiger partial charge in [-0.15, -0.1) is 11.3 Å². The van der Waals surface area contributed by atoms with E-state index in [0.29, 0.717) is 6.54 Å². The number of carbonyl (C=O) groups is 1. The first-order valence-corrected chi connectivity index (χ1v) is 6.07. The van der Waals surface area contributed by atoms with Crippen LogP contribution in [0.1, 0.15) is 21.2 Å². The van der Waals surface area contributed by atoms with Crippen LogP contribution >= 0.6 is 11.3 Å². The lowest BCUT2D eigenvalue weighted by molar-refractivity contribution is 0.0563. The van der Waals surface area contributed by atoms with Gasteiger partial charge in [-0.1, -0.05) is 6.07 Å². The van der Waals surface area contributed by atoms with Gasteiger partial charge in [0.25, 0.3) is 0 Å². The average molecular weight is 251 g/mol. The predicted octanol–water partition coefficient (Wildman–Crippen LogP) is 2.42. The molecular formula is C12H13NO3S. The minimum atomic E-state index is -0.450. The second kappa shape index (κ2) is 5.65. The molecule has 0 aliphatic carbocycles. The highest BCUT2D eigenvalue weighted by Gasteiger charge is 2.10. The number of nitrogens with one attached hydrogen (secondary N) is 1. The summed E-state index contributed by atoms with van der Waals surface area (Å²) >= 11 is 1.70. The van der Waals surface area contributed by atoms with Crippen LogP contribution in [0.2, 0.25) is 0 Å². The molecule has 4 nitrogen and oxygen atoms in total. The van der Waals surface area contributed by atoms with Crippen molar-refractivity contribution in [2.45, 2.75) is 13.1 Å². The van der Waals surface area contributed by atoms with Crippen molar-refractivity contribution in [1.82, 2.24) is 5.32 Å². The third-order valence-corrected chi connectivity index (χ3v) is 3.10. The fourth-order valence-corrected chi connectivity index (χ4v) is 2.08. The second-order valence-electron chi connectivity index (χ2n) is 3.44. The van der Waals surface area contributed by atoms with Crippen LogP contribution in [0.15, 0.2) is 34.1 Å². The number of ether oxygens (including phenoxy) is 1. The second-order valence-corrected chi connectivity index (χ2v) is 4.47. The number of methoxy groups -OCH3 is 1. The third kappa shape index (κ3) is 3.18. The molecule has 0 aliphatic rings. The lowest BCUT2D eigenvalue weighted by Crippen LogP contribution is -2.11. The molecule has 0 fully saturated rings. The van der Waals surface area contributed by atoms with E-state index in [1.807, 2.05) is 11.4 Å². The molecule has 0 bridgehead atoms. The molecule has 5 heteroatoms. The number of rotatable bonds is 5. The highest BCUT2D eigenvalue weighted by atomic mass is 32.1. The molecule has 0 aromatic carbocycles. The third-order valence-electron chi connectivity index (χ3n) is 2.23. The molecule has 90 valence electrons. The quantitative estimate of drug-likeness (QED) is 0.829. The minimum absolute atomic E-state index is 0.237. The van der Waals surface area contributed by atoms with Crippen molar-refractivity contribution in [2.24, 2.45) is 0 Å². The summed E-state index contributed by atoms with van der Waals surface area (Å²) in [6.07, 6.45) is 0. The van der Waals surface area contributed by atoms with E-state index >= 15 is 0 Å². The fourth-order valence-electron chi connectivity index (χ4n) is 1.41. The smallest absolute Gasteiger partial charge is 0.373 e. The summed E-state index contributed by atoms with van der Waals surface area (Å²) in [6, 6.07) is 7.48. The Bertz CT molecular complexity index is 476. The van der Waals surface area contributed by atoms with Gasteiger partial charge in [0, 0.05) is 11.4 Å². The maximum absolute atomic E-state index is 11.2. The molecule has 2 heterocycles. The SMILES string of the molecule is COC(=O)c1ccc(CNCc2cccs2)o1. The van der Waals surface area contributed by atoms with E-state index in [9.17, 15) is 4.79 Å². The summed E-state index contributed by atoms with van der Waals surface area (Å²) in [6.45, 7) is 1.39. The standard InChI is InChI=1S/C12H13NO3S/c1-15-12(14)11-5-4-9(16-11)7-13-8-10-3-2-6-17-10/h2-6,13H,7-8H2,1H3. The number of carbonyl (C=O) groups excluding carboxylic acids is 1. The van der Waals surface area contributed by atoms with Crippen LogP contribution in [0, 0.1) is 0 Å². The lowest BCUT2D eigenvalue weighted by atomic mass is 10.4. The van der Waals surface area contributed by atoms with Gasteiger partial charge in [-0.3, -0.25) is 0 Å². The van der Waals surface area contributed by atoms with E-state index in [1.165, 1.54) is 12.0 Å². The number of hydrogen-bond acceptors (Lipinski definition) is 5. The highest BCUT2D eigenvalue weighted by Crippen LogP contribution is 2.10. The maximum atomic E-state index is 11.2. The molecule has 0 unspecified atom stereocenters. The lowest BCUT2D eigenvalue weighted by Gasteiger charge is -1.99. The topological polar surface area (TPSA) is 51.5 Å². The molecule has 0 amide bonds. The van der Waals surface area contributed by atoms with Crippen molar-refractivity contribution in [3.63, 3.8) is 0 Å². The monoisotopic (exact) mass is 251 g/mol. The fraction of sp³-hybridized carbons (Fsp3) is 0.250. The first-order valence-electron chi connectivity index (χ1n) is 5.19.